The van der Waals surface area contributed by atoms with Crippen molar-refractivity contribution in [2.75, 3.05) is 0 Å². The van der Waals surface area contributed by atoms with Gasteiger partial charge in [0, 0.05) is 23.8 Å². The molecular formula is C19H23N3O2. The minimum absolute atomic E-state index is 0.0401. The van der Waals surface area contributed by atoms with Gasteiger partial charge in [0.05, 0.1) is 11.2 Å². The average molecular weight is 325 g/mol. The highest BCUT2D eigenvalue weighted by atomic mass is 16.3. The SMILES string of the molecule is CC1(O)CCC(NC(=O)c2cnc3ncccc3c2C2CC2)CC1. The maximum absolute atomic E-state index is 12.8. The third kappa shape index (κ3) is 3.00. The first-order valence-electron chi connectivity index (χ1n) is 8.80. The van der Waals surface area contributed by atoms with E-state index in [1.807, 2.05) is 19.1 Å². The van der Waals surface area contributed by atoms with Crippen LogP contribution < -0.4 is 5.32 Å². The normalized spacial score (nSPS) is 27.2. The molecule has 2 heterocycles. The summed E-state index contributed by atoms with van der Waals surface area (Å²) in [5.74, 6) is 0.411. The van der Waals surface area contributed by atoms with Crippen molar-refractivity contribution >= 4 is 16.9 Å². The van der Waals surface area contributed by atoms with Gasteiger partial charge >= 0.3 is 0 Å². The highest BCUT2D eigenvalue weighted by molar-refractivity contribution is 6.00. The quantitative estimate of drug-likeness (QED) is 0.910. The van der Waals surface area contributed by atoms with Crippen LogP contribution in [0.1, 0.15) is 67.3 Å². The van der Waals surface area contributed by atoms with E-state index in [9.17, 15) is 9.90 Å². The van der Waals surface area contributed by atoms with E-state index in [1.54, 1.807) is 12.4 Å². The van der Waals surface area contributed by atoms with Crippen LogP contribution in [-0.2, 0) is 0 Å². The molecule has 2 aromatic rings. The van der Waals surface area contributed by atoms with Gasteiger partial charge in [0.15, 0.2) is 5.65 Å². The Hall–Kier alpha value is -2.01. The van der Waals surface area contributed by atoms with Gasteiger partial charge in [-0.15, -0.1) is 0 Å². The standard InChI is InChI=1S/C19H23N3O2/c1-19(24)8-6-13(7-9-19)22-18(23)15-11-21-17-14(3-2-10-20-17)16(15)12-4-5-12/h2-3,10-13,24H,4-9H2,1H3,(H,22,23). The summed E-state index contributed by atoms with van der Waals surface area (Å²) in [7, 11) is 0. The summed E-state index contributed by atoms with van der Waals surface area (Å²) in [6.45, 7) is 1.87. The summed E-state index contributed by atoms with van der Waals surface area (Å²) in [5, 5.41) is 14.2. The van der Waals surface area contributed by atoms with E-state index in [0.29, 0.717) is 17.1 Å². The van der Waals surface area contributed by atoms with Crippen LogP contribution in [0, 0.1) is 0 Å². The van der Waals surface area contributed by atoms with E-state index in [-0.39, 0.29) is 11.9 Å². The van der Waals surface area contributed by atoms with Crippen molar-refractivity contribution in [3.8, 4) is 0 Å². The second kappa shape index (κ2) is 5.81. The van der Waals surface area contributed by atoms with Gasteiger partial charge in [-0.2, -0.15) is 0 Å². The Morgan fingerprint density at radius 2 is 2.00 bits per heavy atom. The number of hydrogen-bond donors (Lipinski definition) is 2. The molecular weight excluding hydrogens is 302 g/mol. The fourth-order valence-electron chi connectivity index (χ4n) is 3.69. The molecule has 5 heteroatoms. The molecule has 2 aliphatic carbocycles. The minimum Gasteiger partial charge on any atom is -0.390 e. The lowest BCUT2D eigenvalue weighted by atomic mass is 9.83. The first-order chi connectivity index (χ1) is 11.5. The first-order valence-corrected chi connectivity index (χ1v) is 8.80. The van der Waals surface area contributed by atoms with Crippen LogP contribution in [0.25, 0.3) is 11.0 Å². The summed E-state index contributed by atoms with van der Waals surface area (Å²) in [6, 6.07) is 4.05. The van der Waals surface area contributed by atoms with Crippen molar-refractivity contribution in [3.05, 3.63) is 35.7 Å². The van der Waals surface area contributed by atoms with E-state index in [0.717, 1.165) is 49.5 Å². The maximum Gasteiger partial charge on any atom is 0.253 e. The zero-order valence-electron chi connectivity index (χ0n) is 14.0. The van der Waals surface area contributed by atoms with Gasteiger partial charge in [-0.05, 0) is 69.1 Å². The highest BCUT2D eigenvalue weighted by Gasteiger charge is 2.33. The van der Waals surface area contributed by atoms with Crippen molar-refractivity contribution in [1.29, 1.82) is 0 Å². The molecule has 1 amide bonds. The number of amides is 1. The Morgan fingerprint density at radius 3 is 2.71 bits per heavy atom. The van der Waals surface area contributed by atoms with Gasteiger partial charge < -0.3 is 10.4 Å². The third-order valence-electron chi connectivity index (χ3n) is 5.31. The summed E-state index contributed by atoms with van der Waals surface area (Å²) < 4.78 is 0. The highest BCUT2D eigenvalue weighted by Crippen LogP contribution is 2.44. The van der Waals surface area contributed by atoms with Crippen LogP contribution in [0.3, 0.4) is 0 Å². The van der Waals surface area contributed by atoms with Gasteiger partial charge in [-0.1, -0.05) is 0 Å². The van der Waals surface area contributed by atoms with Crippen molar-refractivity contribution < 1.29 is 9.90 Å². The second-order valence-corrected chi connectivity index (χ2v) is 7.48. The fraction of sp³-hybridized carbons (Fsp3) is 0.526. The number of rotatable bonds is 3. The van der Waals surface area contributed by atoms with Crippen LogP contribution in [-0.4, -0.2) is 32.6 Å². The summed E-state index contributed by atoms with van der Waals surface area (Å²) in [4.78, 5) is 21.5. The molecule has 0 unspecified atom stereocenters. The molecule has 24 heavy (non-hydrogen) atoms. The van der Waals surface area contributed by atoms with E-state index in [2.05, 4.69) is 15.3 Å². The number of fused-ring (bicyclic) bond motifs is 1. The maximum atomic E-state index is 12.8. The molecule has 2 saturated carbocycles. The molecule has 0 saturated heterocycles. The van der Waals surface area contributed by atoms with E-state index in [4.69, 9.17) is 0 Å². The van der Waals surface area contributed by atoms with Crippen LogP contribution in [0.15, 0.2) is 24.5 Å². The van der Waals surface area contributed by atoms with Crippen LogP contribution >= 0.6 is 0 Å². The Kier molecular flexibility index (Phi) is 3.76. The number of carbonyl (C=O) groups excluding carboxylic acids is 1. The van der Waals surface area contributed by atoms with Gasteiger partial charge in [0.2, 0.25) is 0 Å². The van der Waals surface area contributed by atoms with Crippen LogP contribution in [0.4, 0.5) is 0 Å². The Morgan fingerprint density at radius 1 is 1.25 bits per heavy atom. The monoisotopic (exact) mass is 325 g/mol. The molecule has 0 spiro atoms. The number of aliphatic hydroxyl groups is 1. The molecule has 2 N–H and O–H groups in total. The van der Waals surface area contributed by atoms with Gasteiger partial charge in [-0.3, -0.25) is 4.79 Å². The Balaban J connectivity index is 1.59. The van der Waals surface area contributed by atoms with E-state index >= 15 is 0 Å². The van der Waals surface area contributed by atoms with Crippen molar-refractivity contribution in [3.63, 3.8) is 0 Å². The van der Waals surface area contributed by atoms with Crippen LogP contribution in [0.2, 0.25) is 0 Å². The Labute approximate surface area is 141 Å². The fourth-order valence-corrected chi connectivity index (χ4v) is 3.69. The number of aromatic nitrogens is 2. The molecule has 0 bridgehead atoms. The molecule has 0 aromatic carbocycles. The lowest BCUT2D eigenvalue weighted by molar-refractivity contribution is 0.0140. The topological polar surface area (TPSA) is 75.1 Å². The molecule has 126 valence electrons. The van der Waals surface area contributed by atoms with Gasteiger partial charge in [0.1, 0.15) is 0 Å². The largest absolute Gasteiger partial charge is 0.390 e. The van der Waals surface area contributed by atoms with Gasteiger partial charge in [0.25, 0.3) is 5.91 Å². The summed E-state index contributed by atoms with van der Waals surface area (Å²) >= 11 is 0. The summed E-state index contributed by atoms with van der Waals surface area (Å²) in [6.07, 6.45) is 8.76. The molecule has 4 rings (SSSR count). The zero-order valence-corrected chi connectivity index (χ0v) is 14.0. The first kappa shape index (κ1) is 15.5. The van der Waals surface area contributed by atoms with Crippen molar-refractivity contribution in [2.24, 2.45) is 0 Å². The predicted octanol–water partition coefficient (Wildman–Crippen LogP) is 2.93. The van der Waals surface area contributed by atoms with E-state index < -0.39 is 5.60 Å². The third-order valence-corrected chi connectivity index (χ3v) is 5.31. The second-order valence-electron chi connectivity index (χ2n) is 7.48. The Bertz CT molecular complexity index is 773. The predicted molar refractivity (Wildman–Crippen MR) is 91.9 cm³/mol. The van der Waals surface area contributed by atoms with E-state index in [1.165, 1.54) is 0 Å². The average Bonchev–Trinajstić information content (AvgIpc) is 3.40. The molecule has 2 fully saturated rings. The van der Waals surface area contributed by atoms with Crippen molar-refractivity contribution in [1.82, 2.24) is 15.3 Å². The molecule has 2 aromatic heterocycles. The molecule has 2 aliphatic rings. The number of carbonyl (C=O) groups is 1. The lowest BCUT2D eigenvalue weighted by Crippen LogP contribution is -2.42. The molecule has 0 atom stereocenters. The van der Waals surface area contributed by atoms with Crippen LogP contribution in [0.5, 0.6) is 0 Å². The number of pyridine rings is 2. The lowest BCUT2D eigenvalue weighted by Gasteiger charge is -2.33. The number of hydrogen-bond acceptors (Lipinski definition) is 4. The molecule has 0 aliphatic heterocycles. The molecule has 0 radical (unpaired) electrons. The zero-order chi connectivity index (χ0) is 16.7. The summed E-state index contributed by atoms with van der Waals surface area (Å²) in [5.41, 5.74) is 1.92. The number of nitrogens with zero attached hydrogens (tertiary/aromatic N) is 2. The van der Waals surface area contributed by atoms with Gasteiger partial charge in [-0.25, -0.2) is 9.97 Å². The molecule has 5 nitrogen and oxygen atoms in total. The van der Waals surface area contributed by atoms with Crippen molar-refractivity contribution in [2.45, 2.75) is 63.0 Å². The number of nitrogens with one attached hydrogen (secondary N) is 1. The smallest absolute Gasteiger partial charge is 0.253 e. The minimum atomic E-state index is -0.587.